The van der Waals surface area contributed by atoms with Gasteiger partial charge in [-0.25, -0.2) is 4.39 Å². The van der Waals surface area contributed by atoms with Gasteiger partial charge in [0.1, 0.15) is 11.6 Å². The van der Waals surface area contributed by atoms with Crippen LogP contribution in [0.3, 0.4) is 0 Å². The number of hydrogen-bond donors (Lipinski definition) is 1. The number of halogens is 3. The van der Waals surface area contributed by atoms with Crippen LogP contribution in [0.15, 0.2) is 12.1 Å². The first-order valence-electron chi connectivity index (χ1n) is 5.40. The molecule has 0 unspecified atom stereocenters. The van der Waals surface area contributed by atoms with E-state index in [1.54, 1.807) is 4.57 Å². The van der Waals surface area contributed by atoms with Crippen LogP contribution in [0.4, 0.5) is 4.39 Å². The van der Waals surface area contributed by atoms with Gasteiger partial charge in [0.2, 0.25) is 0 Å². The lowest BCUT2D eigenvalue weighted by molar-refractivity contribution is 0.627. The van der Waals surface area contributed by atoms with Crippen molar-refractivity contribution in [3.8, 4) is 5.69 Å². The van der Waals surface area contributed by atoms with E-state index in [4.69, 9.17) is 35.4 Å². The first kappa shape index (κ1) is 12.1. The summed E-state index contributed by atoms with van der Waals surface area (Å²) in [5, 5.41) is 7.37. The van der Waals surface area contributed by atoms with Gasteiger partial charge in [-0.15, -0.1) is 0 Å². The number of rotatable bonds is 2. The summed E-state index contributed by atoms with van der Waals surface area (Å²) in [5.41, 5.74) is 0.486. The summed E-state index contributed by atoms with van der Waals surface area (Å²) in [5.74, 6) is 0.697. The van der Waals surface area contributed by atoms with E-state index in [0.717, 1.165) is 18.7 Å². The summed E-state index contributed by atoms with van der Waals surface area (Å²) in [4.78, 5) is 0. The zero-order valence-electron chi connectivity index (χ0n) is 9.08. The molecule has 0 radical (unpaired) electrons. The molecule has 0 atom stereocenters. The van der Waals surface area contributed by atoms with Crippen LogP contribution in [-0.4, -0.2) is 14.8 Å². The average molecular weight is 304 g/mol. The molecule has 1 aliphatic carbocycles. The fourth-order valence-electron chi connectivity index (χ4n) is 1.89. The monoisotopic (exact) mass is 303 g/mol. The number of benzene rings is 1. The van der Waals surface area contributed by atoms with Crippen LogP contribution < -0.4 is 0 Å². The quantitative estimate of drug-likeness (QED) is 0.841. The number of aromatic amines is 1. The molecule has 94 valence electrons. The molecule has 0 aliphatic heterocycles. The molecule has 1 aromatic heterocycles. The van der Waals surface area contributed by atoms with Gasteiger partial charge in [-0.3, -0.25) is 9.67 Å². The van der Waals surface area contributed by atoms with E-state index in [1.165, 1.54) is 12.1 Å². The molecule has 1 aliphatic rings. The van der Waals surface area contributed by atoms with Gasteiger partial charge in [0.15, 0.2) is 4.77 Å². The lowest BCUT2D eigenvalue weighted by atomic mass is 10.3. The molecule has 0 bridgehead atoms. The van der Waals surface area contributed by atoms with E-state index in [-0.39, 0.29) is 10.0 Å². The third kappa shape index (κ3) is 1.96. The van der Waals surface area contributed by atoms with Crippen molar-refractivity contribution in [1.82, 2.24) is 14.8 Å². The number of hydrogen-bond acceptors (Lipinski definition) is 2. The maximum Gasteiger partial charge on any atom is 0.199 e. The van der Waals surface area contributed by atoms with Crippen molar-refractivity contribution < 1.29 is 4.39 Å². The molecule has 18 heavy (non-hydrogen) atoms. The number of nitrogens with zero attached hydrogens (tertiary/aromatic N) is 2. The second-order valence-corrected chi connectivity index (χ2v) is 5.42. The van der Waals surface area contributed by atoms with Gasteiger partial charge >= 0.3 is 0 Å². The van der Waals surface area contributed by atoms with Gasteiger partial charge in [0.05, 0.1) is 15.7 Å². The molecule has 1 saturated carbocycles. The van der Waals surface area contributed by atoms with Gasteiger partial charge in [0.25, 0.3) is 0 Å². The number of nitrogens with one attached hydrogen (secondary N) is 1. The maximum absolute atomic E-state index is 13.2. The molecule has 3 rings (SSSR count). The molecule has 3 nitrogen and oxygen atoms in total. The smallest absolute Gasteiger partial charge is 0.199 e. The van der Waals surface area contributed by atoms with Crippen LogP contribution >= 0.6 is 35.4 Å². The van der Waals surface area contributed by atoms with E-state index in [9.17, 15) is 4.39 Å². The first-order chi connectivity index (χ1) is 8.58. The maximum atomic E-state index is 13.2. The van der Waals surface area contributed by atoms with Crippen molar-refractivity contribution in [2.75, 3.05) is 0 Å². The predicted molar refractivity (Wildman–Crippen MR) is 70.7 cm³/mol. The lowest BCUT2D eigenvalue weighted by Gasteiger charge is -2.10. The molecule has 1 N–H and O–H groups in total. The molecule has 7 heteroatoms. The van der Waals surface area contributed by atoms with E-state index in [0.29, 0.717) is 16.4 Å². The lowest BCUT2D eigenvalue weighted by Crippen LogP contribution is -2.02. The summed E-state index contributed by atoms with van der Waals surface area (Å²) < 4.78 is 15.3. The van der Waals surface area contributed by atoms with Crippen molar-refractivity contribution in [3.05, 3.63) is 38.6 Å². The largest absolute Gasteiger partial charge is 0.269 e. The predicted octanol–water partition coefficient (Wildman–Crippen LogP) is 4.25. The summed E-state index contributed by atoms with van der Waals surface area (Å²) in [6.07, 6.45) is 2.13. The second kappa shape index (κ2) is 4.33. The fourth-order valence-corrected chi connectivity index (χ4v) is 2.75. The number of H-pyrrole nitrogens is 1. The molecule has 0 spiro atoms. The van der Waals surface area contributed by atoms with Gasteiger partial charge in [-0.2, -0.15) is 5.10 Å². The molecule has 1 fully saturated rings. The molecular weight excluding hydrogens is 296 g/mol. The molecule has 1 heterocycles. The van der Waals surface area contributed by atoms with Gasteiger partial charge in [-0.05, 0) is 37.2 Å². The van der Waals surface area contributed by atoms with Crippen molar-refractivity contribution in [2.24, 2.45) is 0 Å². The second-order valence-electron chi connectivity index (χ2n) is 4.21. The van der Waals surface area contributed by atoms with Gasteiger partial charge in [0, 0.05) is 5.92 Å². The standard InChI is InChI=1S/C11H8Cl2FN3S/c12-7-3-6(14)4-8(13)9(7)17-10(5-1-2-5)15-16-11(17)18/h3-5H,1-2H2,(H,16,18). The van der Waals surface area contributed by atoms with Crippen LogP contribution in [0.2, 0.25) is 10.0 Å². The summed E-state index contributed by atoms with van der Waals surface area (Å²) >= 11 is 17.3. The van der Waals surface area contributed by atoms with Crippen molar-refractivity contribution in [2.45, 2.75) is 18.8 Å². The molecule has 1 aromatic carbocycles. The average Bonchev–Trinajstić information content (AvgIpc) is 3.04. The third-order valence-corrected chi connectivity index (χ3v) is 3.70. The topological polar surface area (TPSA) is 33.6 Å². The Balaban J connectivity index is 2.27. The minimum atomic E-state index is -0.475. The zero-order valence-corrected chi connectivity index (χ0v) is 11.4. The fraction of sp³-hybridized carbons (Fsp3) is 0.273. The van der Waals surface area contributed by atoms with Gasteiger partial charge in [-0.1, -0.05) is 23.2 Å². The highest BCUT2D eigenvalue weighted by Gasteiger charge is 2.30. The molecule has 0 saturated heterocycles. The van der Waals surface area contributed by atoms with Gasteiger partial charge < -0.3 is 0 Å². The van der Waals surface area contributed by atoms with Crippen LogP contribution in [0.1, 0.15) is 24.6 Å². The zero-order chi connectivity index (χ0) is 12.9. The Kier molecular flexibility index (Phi) is 2.92. The van der Waals surface area contributed by atoms with E-state index in [2.05, 4.69) is 10.2 Å². The highest BCUT2D eigenvalue weighted by Crippen LogP contribution is 2.41. The van der Waals surface area contributed by atoms with E-state index in [1.807, 2.05) is 0 Å². The molecule has 0 amide bonds. The summed E-state index contributed by atoms with van der Waals surface area (Å²) in [7, 11) is 0. The van der Waals surface area contributed by atoms with E-state index >= 15 is 0 Å². The highest BCUT2D eigenvalue weighted by molar-refractivity contribution is 7.71. The minimum Gasteiger partial charge on any atom is -0.269 e. The Morgan fingerprint density at radius 3 is 2.50 bits per heavy atom. The van der Waals surface area contributed by atoms with Crippen LogP contribution in [-0.2, 0) is 0 Å². The third-order valence-electron chi connectivity index (χ3n) is 2.85. The Morgan fingerprint density at radius 2 is 1.94 bits per heavy atom. The molecule has 2 aromatic rings. The Labute approximate surface area is 118 Å². The normalized spacial score (nSPS) is 15.1. The van der Waals surface area contributed by atoms with Crippen LogP contribution in [0, 0.1) is 10.6 Å². The first-order valence-corrected chi connectivity index (χ1v) is 6.56. The van der Waals surface area contributed by atoms with Crippen molar-refractivity contribution in [1.29, 1.82) is 0 Å². The van der Waals surface area contributed by atoms with Crippen molar-refractivity contribution >= 4 is 35.4 Å². The summed E-state index contributed by atoms with van der Waals surface area (Å²) in [6, 6.07) is 2.43. The SMILES string of the molecule is Fc1cc(Cl)c(-n2c(C3CC3)n[nH]c2=S)c(Cl)c1. The van der Waals surface area contributed by atoms with E-state index < -0.39 is 5.82 Å². The Bertz CT molecular complexity index is 652. The van der Waals surface area contributed by atoms with Crippen LogP contribution in [0.5, 0.6) is 0 Å². The highest BCUT2D eigenvalue weighted by atomic mass is 35.5. The Morgan fingerprint density at radius 1 is 1.33 bits per heavy atom. The van der Waals surface area contributed by atoms with Crippen molar-refractivity contribution in [3.63, 3.8) is 0 Å². The number of aromatic nitrogens is 3. The van der Waals surface area contributed by atoms with Crippen LogP contribution in [0.25, 0.3) is 5.69 Å². The minimum absolute atomic E-state index is 0.222. The summed E-state index contributed by atoms with van der Waals surface area (Å²) in [6.45, 7) is 0. The molecular formula is C11H8Cl2FN3S. The Hall–Kier alpha value is -0.910.